The van der Waals surface area contributed by atoms with E-state index in [0.29, 0.717) is 12.1 Å². The van der Waals surface area contributed by atoms with Crippen molar-refractivity contribution < 1.29 is 4.79 Å². The minimum Gasteiger partial charge on any atom is -0.348 e. The quantitative estimate of drug-likeness (QED) is 0.727. The summed E-state index contributed by atoms with van der Waals surface area (Å²) in [7, 11) is 0. The minimum absolute atomic E-state index is 0.110. The number of hydrogen-bond donors (Lipinski definition) is 1. The lowest BCUT2D eigenvalue weighted by Gasteiger charge is -2.17. The van der Waals surface area contributed by atoms with Crippen molar-refractivity contribution in [1.29, 1.82) is 0 Å². The van der Waals surface area contributed by atoms with Crippen LogP contribution in [0.1, 0.15) is 34.3 Å². The van der Waals surface area contributed by atoms with Crippen molar-refractivity contribution >= 4 is 5.91 Å². The van der Waals surface area contributed by atoms with Crippen LogP contribution in [0.25, 0.3) is 5.69 Å². The van der Waals surface area contributed by atoms with Crippen LogP contribution in [0.4, 0.5) is 0 Å². The lowest BCUT2D eigenvalue weighted by molar-refractivity contribution is 0.0950. The monoisotopic (exact) mass is 362 g/mol. The number of rotatable bonds is 6. The molecule has 0 aliphatic carbocycles. The van der Waals surface area contributed by atoms with Gasteiger partial charge in [-0.3, -0.25) is 9.69 Å². The molecule has 1 fully saturated rings. The van der Waals surface area contributed by atoms with Crippen LogP contribution in [0, 0.1) is 0 Å². The Hall–Kier alpha value is -3.06. The molecule has 2 heterocycles. The summed E-state index contributed by atoms with van der Waals surface area (Å²) >= 11 is 0. The second-order valence-corrected chi connectivity index (χ2v) is 6.74. The zero-order valence-electron chi connectivity index (χ0n) is 15.1. The maximum atomic E-state index is 12.6. The number of likely N-dealkylation sites (tertiary alicyclic amines) is 1. The predicted octanol–water partition coefficient (Wildman–Crippen LogP) is 2.19. The Morgan fingerprint density at radius 1 is 1.04 bits per heavy atom. The molecule has 1 saturated heterocycles. The van der Waals surface area contributed by atoms with Crippen molar-refractivity contribution in [2.45, 2.75) is 25.9 Å². The van der Waals surface area contributed by atoms with E-state index in [1.807, 2.05) is 18.2 Å². The molecule has 7 heteroatoms. The van der Waals surface area contributed by atoms with Gasteiger partial charge in [0, 0.05) is 18.7 Å². The fourth-order valence-corrected chi connectivity index (χ4v) is 3.41. The van der Waals surface area contributed by atoms with Crippen LogP contribution >= 0.6 is 0 Å². The van der Waals surface area contributed by atoms with Crippen LogP contribution in [0.3, 0.4) is 0 Å². The summed E-state index contributed by atoms with van der Waals surface area (Å²) in [5.74, 6) is -0.110. The number of tetrazole rings is 1. The highest BCUT2D eigenvalue weighted by atomic mass is 16.1. The number of nitrogens with one attached hydrogen (secondary N) is 1. The third kappa shape index (κ3) is 4.20. The first-order chi connectivity index (χ1) is 13.3. The van der Waals surface area contributed by atoms with Crippen LogP contribution < -0.4 is 5.32 Å². The second-order valence-electron chi connectivity index (χ2n) is 6.74. The third-order valence-corrected chi connectivity index (χ3v) is 4.87. The highest BCUT2D eigenvalue weighted by Crippen LogP contribution is 2.16. The molecule has 0 bridgehead atoms. The summed E-state index contributed by atoms with van der Waals surface area (Å²) in [4.78, 5) is 15.1. The van der Waals surface area contributed by atoms with Gasteiger partial charge in [-0.1, -0.05) is 30.3 Å². The number of carbonyl (C=O) groups excluding carboxylic acids is 1. The smallest absolute Gasteiger partial charge is 0.251 e. The van der Waals surface area contributed by atoms with E-state index in [1.165, 1.54) is 29.4 Å². The minimum atomic E-state index is -0.110. The number of nitrogens with zero attached hydrogens (tertiary/aromatic N) is 5. The standard InChI is InChI=1S/C20H22N6O/c27-20(16-8-5-9-19(12-16)26-15-22-23-24-26)21-13-17-6-1-2-7-18(17)14-25-10-3-4-11-25/h1-2,5-9,12,15H,3-4,10-11,13-14H2,(H,21,27). The first-order valence-electron chi connectivity index (χ1n) is 9.20. The third-order valence-electron chi connectivity index (χ3n) is 4.87. The van der Waals surface area contributed by atoms with Gasteiger partial charge >= 0.3 is 0 Å². The van der Waals surface area contributed by atoms with E-state index in [1.54, 1.807) is 12.1 Å². The zero-order valence-corrected chi connectivity index (χ0v) is 15.1. The van der Waals surface area contributed by atoms with E-state index < -0.39 is 0 Å². The fraction of sp³-hybridized carbons (Fsp3) is 0.300. The SMILES string of the molecule is O=C(NCc1ccccc1CN1CCCC1)c1cccc(-n2cnnn2)c1. The van der Waals surface area contributed by atoms with Gasteiger partial charge in [0.15, 0.2) is 0 Å². The Morgan fingerprint density at radius 3 is 2.63 bits per heavy atom. The maximum Gasteiger partial charge on any atom is 0.251 e. The molecule has 0 radical (unpaired) electrons. The van der Waals surface area contributed by atoms with Crippen molar-refractivity contribution in [3.63, 3.8) is 0 Å². The molecule has 0 spiro atoms. The molecule has 7 nitrogen and oxygen atoms in total. The number of carbonyl (C=O) groups is 1. The summed E-state index contributed by atoms with van der Waals surface area (Å²) in [5, 5.41) is 14.2. The molecule has 1 aliphatic heterocycles. The second kappa shape index (κ2) is 8.09. The van der Waals surface area contributed by atoms with E-state index in [9.17, 15) is 4.79 Å². The summed E-state index contributed by atoms with van der Waals surface area (Å²) in [6.45, 7) is 3.77. The summed E-state index contributed by atoms with van der Waals surface area (Å²) < 4.78 is 1.53. The Bertz CT molecular complexity index is 902. The zero-order chi connectivity index (χ0) is 18.5. The highest BCUT2D eigenvalue weighted by Gasteiger charge is 2.14. The van der Waals surface area contributed by atoms with Gasteiger partial charge in [-0.2, -0.15) is 0 Å². The van der Waals surface area contributed by atoms with Gasteiger partial charge < -0.3 is 5.32 Å². The highest BCUT2D eigenvalue weighted by molar-refractivity contribution is 5.94. The van der Waals surface area contributed by atoms with Gasteiger partial charge in [-0.25, -0.2) is 4.68 Å². The van der Waals surface area contributed by atoms with Crippen molar-refractivity contribution in [2.75, 3.05) is 13.1 Å². The Kier molecular flexibility index (Phi) is 5.20. The molecule has 138 valence electrons. The molecule has 0 atom stereocenters. The number of amides is 1. The van der Waals surface area contributed by atoms with Gasteiger partial charge in [0.1, 0.15) is 6.33 Å². The molecule has 27 heavy (non-hydrogen) atoms. The van der Waals surface area contributed by atoms with Crippen LogP contribution in [0.15, 0.2) is 54.9 Å². The Morgan fingerprint density at radius 2 is 1.85 bits per heavy atom. The van der Waals surface area contributed by atoms with Crippen molar-refractivity contribution in [1.82, 2.24) is 30.4 Å². The van der Waals surface area contributed by atoms with Crippen LogP contribution in [-0.4, -0.2) is 44.1 Å². The lowest BCUT2D eigenvalue weighted by Crippen LogP contribution is -2.25. The number of aromatic nitrogens is 4. The molecule has 1 aliphatic rings. The Labute approximate surface area is 158 Å². The Balaban J connectivity index is 1.43. The van der Waals surface area contributed by atoms with Gasteiger partial charge in [0.2, 0.25) is 0 Å². The van der Waals surface area contributed by atoms with E-state index in [4.69, 9.17) is 0 Å². The predicted molar refractivity (Wildman–Crippen MR) is 101 cm³/mol. The molecule has 4 rings (SSSR count). The average molecular weight is 362 g/mol. The van der Waals surface area contributed by atoms with Gasteiger partial charge in [0.05, 0.1) is 5.69 Å². The molecular formula is C20H22N6O. The molecule has 3 aromatic rings. The summed E-state index contributed by atoms with van der Waals surface area (Å²) in [6.07, 6.45) is 4.05. The molecule has 0 unspecified atom stereocenters. The van der Waals surface area contributed by atoms with E-state index >= 15 is 0 Å². The van der Waals surface area contributed by atoms with Crippen LogP contribution in [0.2, 0.25) is 0 Å². The van der Waals surface area contributed by atoms with Crippen LogP contribution in [-0.2, 0) is 13.1 Å². The first-order valence-corrected chi connectivity index (χ1v) is 9.20. The van der Waals surface area contributed by atoms with Crippen molar-refractivity contribution in [3.05, 3.63) is 71.5 Å². The van der Waals surface area contributed by atoms with E-state index in [0.717, 1.165) is 30.9 Å². The van der Waals surface area contributed by atoms with Crippen LogP contribution in [0.5, 0.6) is 0 Å². The fourth-order valence-electron chi connectivity index (χ4n) is 3.41. The van der Waals surface area contributed by atoms with Crippen molar-refractivity contribution in [3.8, 4) is 5.69 Å². The van der Waals surface area contributed by atoms with Gasteiger partial charge in [-0.05, 0) is 65.7 Å². The molecule has 1 amide bonds. The number of benzene rings is 2. The largest absolute Gasteiger partial charge is 0.348 e. The topological polar surface area (TPSA) is 75.9 Å². The molecule has 2 aromatic carbocycles. The molecule has 1 N–H and O–H groups in total. The lowest BCUT2D eigenvalue weighted by atomic mass is 10.1. The molecular weight excluding hydrogens is 340 g/mol. The summed E-state index contributed by atoms with van der Waals surface area (Å²) in [6, 6.07) is 15.6. The average Bonchev–Trinajstić information content (AvgIpc) is 3.41. The molecule has 0 saturated carbocycles. The first kappa shape index (κ1) is 17.4. The summed E-state index contributed by atoms with van der Waals surface area (Å²) in [5.41, 5.74) is 3.78. The van der Waals surface area contributed by atoms with E-state index in [-0.39, 0.29) is 5.91 Å². The maximum absolute atomic E-state index is 12.6. The number of hydrogen-bond acceptors (Lipinski definition) is 5. The normalized spacial score (nSPS) is 14.4. The molecule has 1 aromatic heterocycles. The van der Waals surface area contributed by atoms with Crippen molar-refractivity contribution in [2.24, 2.45) is 0 Å². The van der Waals surface area contributed by atoms with E-state index in [2.05, 4.69) is 43.9 Å². The van der Waals surface area contributed by atoms with Gasteiger partial charge in [0.25, 0.3) is 5.91 Å². The van der Waals surface area contributed by atoms with Gasteiger partial charge in [-0.15, -0.1) is 5.10 Å².